The highest BCUT2D eigenvalue weighted by Crippen LogP contribution is 2.33. The Morgan fingerprint density at radius 2 is 2.20 bits per heavy atom. The second kappa shape index (κ2) is 3.64. The van der Waals surface area contributed by atoms with Gasteiger partial charge in [0, 0.05) is 0 Å². The van der Waals surface area contributed by atoms with Gasteiger partial charge in [-0.1, -0.05) is 12.1 Å². The fourth-order valence-electron chi connectivity index (χ4n) is 2.81. The van der Waals surface area contributed by atoms with Crippen LogP contribution in [-0.2, 0) is 6.54 Å². The fourth-order valence-corrected chi connectivity index (χ4v) is 2.81. The molecule has 2 aliphatic rings. The van der Waals surface area contributed by atoms with Gasteiger partial charge in [0.15, 0.2) is 0 Å². The van der Waals surface area contributed by atoms with Gasteiger partial charge in [0.1, 0.15) is 12.7 Å². The number of aliphatic imine (C=N–C) groups is 1. The van der Waals surface area contributed by atoms with Crippen LogP contribution >= 0.6 is 0 Å². The molecule has 6 nitrogen and oxygen atoms in total. The number of nitrogens with zero attached hydrogens (tertiary/aromatic N) is 4. The van der Waals surface area contributed by atoms with Gasteiger partial charge in [-0.2, -0.15) is 9.79 Å². The second-order valence-electron chi connectivity index (χ2n) is 4.83. The Labute approximate surface area is 114 Å². The molecular formula is C14H11N4O2+. The molecule has 1 aromatic heterocycles. The number of carboxylic acid groups (broad SMARTS) is 1. The first-order valence-corrected chi connectivity index (χ1v) is 6.21. The molecule has 0 radical (unpaired) electrons. The summed E-state index contributed by atoms with van der Waals surface area (Å²) in [6, 6.07) is 7.65. The number of imidazole rings is 1. The number of quaternary nitrogens is 1. The number of fused-ring (bicyclic) bond motifs is 5. The quantitative estimate of drug-likeness (QED) is 0.743. The fraction of sp³-hybridized carbons (Fsp3) is 0.0714. The van der Waals surface area contributed by atoms with Crippen LogP contribution in [0.4, 0.5) is 4.79 Å². The lowest BCUT2D eigenvalue weighted by atomic mass is 10.1. The van der Waals surface area contributed by atoms with Crippen molar-refractivity contribution in [3.63, 3.8) is 0 Å². The van der Waals surface area contributed by atoms with Crippen molar-refractivity contribution in [2.45, 2.75) is 6.54 Å². The third-order valence-corrected chi connectivity index (χ3v) is 3.77. The zero-order valence-corrected chi connectivity index (χ0v) is 10.5. The Bertz CT molecular complexity index is 790. The van der Waals surface area contributed by atoms with Gasteiger partial charge >= 0.3 is 6.09 Å². The first-order chi connectivity index (χ1) is 9.72. The SMILES string of the molecule is O=C(O)[N+]12C=CN=C1c1ccccc1-n1cncc1C2. The van der Waals surface area contributed by atoms with Crippen LogP contribution in [-0.4, -0.2) is 31.1 Å². The second-order valence-corrected chi connectivity index (χ2v) is 4.83. The molecule has 6 heteroatoms. The number of para-hydroxylation sites is 1. The number of aromatic nitrogens is 2. The molecule has 2 aliphatic heterocycles. The molecule has 2 aromatic rings. The molecule has 0 saturated heterocycles. The van der Waals surface area contributed by atoms with E-state index in [9.17, 15) is 9.90 Å². The van der Waals surface area contributed by atoms with Crippen molar-refractivity contribution in [3.05, 3.63) is 60.4 Å². The third kappa shape index (κ3) is 1.23. The number of rotatable bonds is 0. The van der Waals surface area contributed by atoms with E-state index in [2.05, 4.69) is 9.98 Å². The van der Waals surface area contributed by atoms with E-state index in [1.165, 1.54) is 0 Å². The van der Waals surface area contributed by atoms with Gasteiger partial charge in [0.2, 0.25) is 0 Å². The van der Waals surface area contributed by atoms with E-state index in [0.29, 0.717) is 12.4 Å². The van der Waals surface area contributed by atoms with Gasteiger partial charge in [-0.25, -0.2) is 4.98 Å². The van der Waals surface area contributed by atoms with Gasteiger partial charge in [-0.15, -0.1) is 4.48 Å². The van der Waals surface area contributed by atoms with Crippen LogP contribution in [0.1, 0.15) is 11.3 Å². The van der Waals surface area contributed by atoms with E-state index in [-0.39, 0.29) is 4.48 Å². The number of hydrogen-bond donors (Lipinski definition) is 1. The van der Waals surface area contributed by atoms with Gasteiger partial charge in [-0.05, 0) is 12.1 Å². The predicted molar refractivity (Wildman–Crippen MR) is 71.2 cm³/mol. The maximum atomic E-state index is 11.9. The topological polar surface area (TPSA) is 67.5 Å². The molecule has 1 aromatic carbocycles. The first-order valence-electron chi connectivity index (χ1n) is 6.21. The van der Waals surface area contributed by atoms with Crippen LogP contribution in [0.3, 0.4) is 0 Å². The van der Waals surface area contributed by atoms with E-state index in [1.807, 2.05) is 28.8 Å². The summed E-state index contributed by atoms with van der Waals surface area (Å²) in [7, 11) is 0. The third-order valence-electron chi connectivity index (χ3n) is 3.77. The molecule has 0 fully saturated rings. The number of amides is 1. The summed E-state index contributed by atoms with van der Waals surface area (Å²) in [5, 5.41) is 9.72. The molecule has 20 heavy (non-hydrogen) atoms. The highest BCUT2D eigenvalue weighted by Gasteiger charge is 2.48. The lowest BCUT2D eigenvalue weighted by Crippen LogP contribution is -2.49. The molecule has 3 heterocycles. The molecule has 4 rings (SSSR count). The Kier molecular flexibility index (Phi) is 2.03. The smallest absolute Gasteiger partial charge is 0.435 e. The van der Waals surface area contributed by atoms with Crippen molar-refractivity contribution in [1.82, 2.24) is 9.55 Å². The number of carbonyl (C=O) groups is 1. The van der Waals surface area contributed by atoms with E-state index >= 15 is 0 Å². The van der Waals surface area contributed by atoms with Gasteiger partial charge in [0.25, 0.3) is 5.84 Å². The summed E-state index contributed by atoms with van der Waals surface area (Å²) >= 11 is 0. The summed E-state index contributed by atoms with van der Waals surface area (Å²) < 4.78 is 1.61. The average molecular weight is 267 g/mol. The lowest BCUT2D eigenvalue weighted by Gasteiger charge is -2.23. The van der Waals surface area contributed by atoms with Crippen molar-refractivity contribution in [1.29, 1.82) is 0 Å². The molecule has 0 saturated carbocycles. The lowest BCUT2D eigenvalue weighted by molar-refractivity contribution is -0.722. The van der Waals surface area contributed by atoms with Crippen LogP contribution < -0.4 is 0 Å². The minimum atomic E-state index is -0.943. The molecular weight excluding hydrogens is 256 g/mol. The van der Waals surface area contributed by atoms with Crippen LogP contribution in [0.2, 0.25) is 0 Å². The van der Waals surface area contributed by atoms with Crippen LogP contribution in [0.15, 0.2) is 54.2 Å². The van der Waals surface area contributed by atoms with Crippen LogP contribution in [0, 0.1) is 0 Å². The van der Waals surface area contributed by atoms with Crippen molar-refractivity contribution in [2.75, 3.05) is 0 Å². The summed E-state index contributed by atoms with van der Waals surface area (Å²) in [5.41, 5.74) is 2.57. The monoisotopic (exact) mass is 267 g/mol. The zero-order chi connectivity index (χ0) is 13.7. The predicted octanol–water partition coefficient (Wildman–Crippen LogP) is 2.11. The minimum Gasteiger partial charge on any atom is -0.435 e. The Balaban J connectivity index is 2.09. The molecule has 1 amide bonds. The summed E-state index contributed by atoms with van der Waals surface area (Å²) in [6.07, 6.45) is 5.64. The van der Waals surface area contributed by atoms with Gasteiger partial charge in [-0.3, -0.25) is 4.57 Å². The Morgan fingerprint density at radius 1 is 1.35 bits per heavy atom. The standard InChI is InChI=1S/C14H10N4O2/c19-14(20)18-6-5-16-13(18)11-3-1-2-4-12(11)17-9-15-7-10(17)8-18/h1-7,9H,8H2/p+1. The maximum absolute atomic E-state index is 11.9. The number of benzene rings is 1. The van der Waals surface area contributed by atoms with Gasteiger partial charge < -0.3 is 5.11 Å². The molecule has 0 bridgehead atoms. The molecule has 1 atom stereocenters. The number of amidine groups is 1. The van der Waals surface area contributed by atoms with E-state index < -0.39 is 6.09 Å². The van der Waals surface area contributed by atoms with Gasteiger partial charge in [0.05, 0.1) is 35.7 Å². The van der Waals surface area contributed by atoms with Crippen molar-refractivity contribution < 1.29 is 14.4 Å². The molecule has 1 N–H and O–H groups in total. The largest absolute Gasteiger partial charge is 0.525 e. The first kappa shape index (κ1) is 11.1. The highest BCUT2D eigenvalue weighted by atomic mass is 16.4. The summed E-state index contributed by atoms with van der Waals surface area (Å²) in [6.45, 7) is 0.291. The molecule has 98 valence electrons. The number of hydrogen-bond acceptors (Lipinski definition) is 3. The van der Waals surface area contributed by atoms with Crippen LogP contribution in [0.5, 0.6) is 0 Å². The normalized spacial score (nSPS) is 22.5. The van der Waals surface area contributed by atoms with E-state index in [0.717, 1.165) is 16.9 Å². The van der Waals surface area contributed by atoms with Crippen molar-refractivity contribution >= 4 is 11.9 Å². The van der Waals surface area contributed by atoms with Crippen molar-refractivity contribution in [2.24, 2.45) is 4.99 Å². The average Bonchev–Trinajstić information content (AvgIpc) is 3.05. The van der Waals surface area contributed by atoms with E-state index in [1.54, 1.807) is 24.9 Å². The minimum absolute atomic E-state index is 0.291. The molecule has 0 aliphatic carbocycles. The summed E-state index contributed by atoms with van der Waals surface area (Å²) in [4.78, 5) is 20.3. The molecule has 0 spiro atoms. The Morgan fingerprint density at radius 3 is 3.05 bits per heavy atom. The zero-order valence-electron chi connectivity index (χ0n) is 10.5. The van der Waals surface area contributed by atoms with Crippen LogP contribution in [0.25, 0.3) is 5.69 Å². The Hall–Kier alpha value is -2.73. The summed E-state index contributed by atoms with van der Waals surface area (Å²) in [5.74, 6) is 0.539. The highest BCUT2D eigenvalue weighted by molar-refractivity contribution is 6.03. The molecule has 1 unspecified atom stereocenters. The van der Waals surface area contributed by atoms with E-state index in [4.69, 9.17) is 0 Å². The maximum Gasteiger partial charge on any atom is 0.525 e. The van der Waals surface area contributed by atoms with Crippen molar-refractivity contribution in [3.8, 4) is 5.69 Å².